The summed E-state index contributed by atoms with van der Waals surface area (Å²) in [5.41, 5.74) is 4.06. The van der Waals surface area contributed by atoms with Gasteiger partial charge in [-0.2, -0.15) is 17.9 Å². The smallest absolute Gasteiger partial charge is 0.328 e. The first-order valence-corrected chi connectivity index (χ1v) is 8.10. The van der Waals surface area contributed by atoms with Gasteiger partial charge in [-0.3, -0.25) is 4.79 Å². The van der Waals surface area contributed by atoms with Gasteiger partial charge in [0.25, 0.3) is 0 Å². The van der Waals surface area contributed by atoms with Crippen molar-refractivity contribution in [3.8, 4) is 6.07 Å². The van der Waals surface area contributed by atoms with E-state index in [2.05, 4.69) is 17.9 Å². The lowest BCUT2D eigenvalue weighted by atomic mass is 9.86. The van der Waals surface area contributed by atoms with Crippen molar-refractivity contribution in [2.24, 2.45) is 11.7 Å². The van der Waals surface area contributed by atoms with E-state index in [-0.39, 0.29) is 18.9 Å². The summed E-state index contributed by atoms with van der Waals surface area (Å²) in [5.74, 6) is -4.15. The Morgan fingerprint density at radius 1 is 1.46 bits per heavy atom. The molecule has 0 spiro atoms. The summed E-state index contributed by atoms with van der Waals surface area (Å²) >= 11 is 3.97. The third-order valence-corrected chi connectivity index (χ3v) is 3.70. The Morgan fingerprint density at radius 2 is 2.12 bits per heavy atom. The molecule has 4 N–H and O–H groups in total. The number of aliphatic carboxylic acids is 1. The molecule has 0 aliphatic rings. The fourth-order valence-electron chi connectivity index (χ4n) is 1.83. The van der Waals surface area contributed by atoms with Gasteiger partial charge in [0, 0.05) is 18.4 Å². The van der Waals surface area contributed by atoms with Gasteiger partial charge in [0.1, 0.15) is 5.54 Å². The number of rotatable bonds is 11. The molecule has 8 nitrogen and oxygen atoms in total. The van der Waals surface area contributed by atoms with Crippen LogP contribution in [0.3, 0.4) is 0 Å². The van der Waals surface area contributed by atoms with Gasteiger partial charge in [-0.05, 0) is 26.2 Å². The minimum absolute atomic E-state index is 0.0786. The van der Waals surface area contributed by atoms with Crippen LogP contribution in [0, 0.1) is 17.2 Å². The van der Waals surface area contributed by atoms with Gasteiger partial charge in [0.15, 0.2) is 5.92 Å². The number of carboxylic acids is 1. The summed E-state index contributed by atoms with van der Waals surface area (Å²) in [7, 11) is 0. The topological polar surface area (TPSA) is 143 Å². The maximum absolute atomic E-state index is 12.1. The molecule has 0 aliphatic heterocycles. The molecular weight excluding hydrogens is 334 g/mol. The third kappa shape index (κ3) is 7.02. The van der Waals surface area contributed by atoms with Crippen molar-refractivity contribution in [2.45, 2.75) is 31.7 Å². The Morgan fingerprint density at radius 3 is 2.62 bits per heavy atom. The molecule has 0 aromatic heterocycles. The predicted molar refractivity (Wildman–Crippen MR) is 90.1 cm³/mol. The summed E-state index contributed by atoms with van der Waals surface area (Å²) in [6.07, 6.45) is 4.39. The number of thiol groups is 1. The van der Waals surface area contributed by atoms with Crippen molar-refractivity contribution in [1.29, 1.82) is 5.26 Å². The van der Waals surface area contributed by atoms with E-state index in [4.69, 9.17) is 15.6 Å². The number of esters is 1. The SMILES string of the molecule is CCOC(=O)[C@](N)(CS)C(C#N)C(=O)NCCCCC=CC(=O)O. The first-order chi connectivity index (χ1) is 11.3. The van der Waals surface area contributed by atoms with Gasteiger partial charge < -0.3 is 20.9 Å². The van der Waals surface area contributed by atoms with E-state index in [0.717, 1.165) is 6.08 Å². The maximum atomic E-state index is 12.1. The Balaban J connectivity index is 4.51. The number of ether oxygens (including phenoxy) is 1. The minimum Gasteiger partial charge on any atom is -0.478 e. The number of carboxylic acid groups (broad SMARTS) is 1. The summed E-state index contributed by atoms with van der Waals surface area (Å²) in [5, 5.41) is 20.2. The fraction of sp³-hybridized carbons (Fsp3) is 0.600. The van der Waals surface area contributed by atoms with E-state index in [0.29, 0.717) is 19.3 Å². The number of allylic oxidation sites excluding steroid dienone is 1. The molecule has 0 fully saturated rings. The highest BCUT2D eigenvalue weighted by molar-refractivity contribution is 7.80. The molecule has 0 radical (unpaired) electrons. The summed E-state index contributed by atoms with van der Waals surface area (Å²) in [6.45, 7) is 1.95. The van der Waals surface area contributed by atoms with Crippen LogP contribution in [0.5, 0.6) is 0 Å². The monoisotopic (exact) mass is 357 g/mol. The van der Waals surface area contributed by atoms with Gasteiger partial charge in [-0.15, -0.1) is 0 Å². The van der Waals surface area contributed by atoms with Crippen LogP contribution in [-0.2, 0) is 19.1 Å². The Hall–Kier alpha value is -2.05. The van der Waals surface area contributed by atoms with Crippen molar-refractivity contribution in [3.05, 3.63) is 12.2 Å². The number of nitriles is 1. The highest BCUT2D eigenvalue weighted by Gasteiger charge is 2.47. The number of carbonyl (C=O) groups excluding carboxylic acids is 2. The fourth-order valence-corrected chi connectivity index (χ4v) is 2.14. The summed E-state index contributed by atoms with van der Waals surface area (Å²) < 4.78 is 4.82. The standard InChI is InChI=1S/C15H23N3O5S/c1-2-23-14(22)15(17,10-24)11(9-16)13(21)18-8-6-4-3-5-7-12(19)20/h5,7,11,24H,2-4,6,8,10,17H2,1H3,(H,18,21)(H,19,20)/t11?,15-/m0/s1. The molecule has 24 heavy (non-hydrogen) atoms. The van der Waals surface area contributed by atoms with Crippen LogP contribution in [0.25, 0.3) is 0 Å². The first kappa shape index (κ1) is 21.9. The van der Waals surface area contributed by atoms with Gasteiger partial charge in [-0.25, -0.2) is 9.59 Å². The first-order valence-electron chi connectivity index (χ1n) is 7.47. The zero-order valence-electron chi connectivity index (χ0n) is 13.5. The largest absolute Gasteiger partial charge is 0.478 e. The van der Waals surface area contributed by atoms with Crippen LogP contribution in [0.4, 0.5) is 0 Å². The van der Waals surface area contributed by atoms with Crippen LogP contribution >= 0.6 is 12.6 Å². The van der Waals surface area contributed by atoms with Crippen LogP contribution in [0.15, 0.2) is 12.2 Å². The van der Waals surface area contributed by atoms with E-state index in [1.807, 2.05) is 0 Å². The highest BCUT2D eigenvalue weighted by atomic mass is 32.1. The molecular formula is C15H23N3O5S. The van der Waals surface area contributed by atoms with Crippen molar-refractivity contribution in [2.75, 3.05) is 18.9 Å². The quantitative estimate of drug-likeness (QED) is 0.179. The molecule has 0 rings (SSSR count). The zero-order valence-corrected chi connectivity index (χ0v) is 14.4. The van der Waals surface area contributed by atoms with Crippen molar-refractivity contribution in [1.82, 2.24) is 5.32 Å². The van der Waals surface area contributed by atoms with Crippen molar-refractivity contribution in [3.63, 3.8) is 0 Å². The van der Waals surface area contributed by atoms with Gasteiger partial charge in [-0.1, -0.05) is 6.08 Å². The average molecular weight is 357 g/mol. The second-order valence-corrected chi connectivity index (χ2v) is 5.32. The Labute approximate surface area is 146 Å². The average Bonchev–Trinajstić information content (AvgIpc) is 2.54. The normalized spacial score (nSPS) is 14.4. The molecule has 0 saturated carbocycles. The Kier molecular flexibility index (Phi) is 10.5. The number of carbonyl (C=O) groups is 3. The van der Waals surface area contributed by atoms with Crippen LogP contribution < -0.4 is 11.1 Å². The molecule has 9 heteroatoms. The Bertz CT molecular complexity index is 518. The van der Waals surface area contributed by atoms with E-state index in [1.54, 1.807) is 13.0 Å². The van der Waals surface area contributed by atoms with E-state index in [1.165, 1.54) is 6.08 Å². The highest BCUT2D eigenvalue weighted by Crippen LogP contribution is 2.19. The van der Waals surface area contributed by atoms with E-state index >= 15 is 0 Å². The molecule has 0 aromatic rings. The zero-order chi connectivity index (χ0) is 18.6. The number of hydrogen-bond donors (Lipinski definition) is 4. The molecule has 0 bridgehead atoms. The summed E-state index contributed by atoms with van der Waals surface area (Å²) in [4.78, 5) is 34.3. The molecule has 1 amide bonds. The number of nitrogens with two attached hydrogens (primary N) is 1. The van der Waals surface area contributed by atoms with Gasteiger partial charge in [0.05, 0.1) is 12.7 Å². The second-order valence-electron chi connectivity index (χ2n) is 5.01. The molecule has 0 aliphatic carbocycles. The van der Waals surface area contributed by atoms with E-state index < -0.39 is 29.3 Å². The molecule has 0 aromatic carbocycles. The van der Waals surface area contributed by atoms with Crippen molar-refractivity contribution < 1.29 is 24.2 Å². The van der Waals surface area contributed by atoms with Crippen molar-refractivity contribution >= 4 is 30.5 Å². The molecule has 0 heterocycles. The number of nitrogens with zero attached hydrogens (tertiary/aromatic N) is 1. The lowest BCUT2D eigenvalue weighted by Crippen LogP contribution is -2.60. The van der Waals surface area contributed by atoms with E-state index in [9.17, 15) is 19.6 Å². The maximum Gasteiger partial charge on any atom is 0.328 e. The number of unbranched alkanes of at least 4 members (excludes halogenated alkanes) is 2. The molecule has 0 saturated heterocycles. The van der Waals surface area contributed by atoms with Gasteiger partial charge >= 0.3 is 11.9 Å². The third-order valence-electron chi connectivity index (χ3n) is 3.18. The van der Waals surface area contributed by atoms with Crippen LogP contribution in [0.1, 0.15) is 26.2 Å². The lowest BCUT2D eigenvalue weighted by Gasteiger charge is -2.28. The lowest BCUT2D eigenvalue weighted by molar-refractivity contribution is -0.152. The molecule has 2 atom stereocenters. The number of amides is 1. The minimum atomic E-state index is -1.82. The second kappa shape index (κ2) is 11.5. The van der Waals surface area contributed by atoms with Crippen LogP contribution in [-0.4, -0.2) is 47.4 Å². The molecule has 1 unspecified atom stereocenters. The summed E-state index contributed by atoms with van der Waals surface area (Å²) in [6, 6.07) is 1.74. The number of nitrogens with one attached hydrogen (secondary N) is 1. The predicted octanol–water partition coefficient (Wildman–Crippen LogP) is 0.244. The number of hydrogen-bond acceptors (Lipinski definition) is 7. The van der Waals surface area contributed by atoms with Crippen LogP contribution in [0.2, 0.25) is 0 Å². The van der Waals surface area contributed by atoms with Gasteiger partial charge in [0.2, 0.25) is 5.91 Å². The molecule has 134 valence electrons.